The summed E-state index contributed by atoms with van der Waals surface area (Å²) in [7, 11) is 1.98. The van der Waals surface area contributed by atoms with E-state index in [0.717, 1.165) is 24.8 Å². The van der Waals surface area contributed by atoms with E-state index >= 15 is 0 Å². The van der Waals surface area contributed by atoms with Crippen molar-refractivity contribution < 1.29 is 0 Å². The van der Waals surface area contributed by atoms with Gasteiger partial charge in [0.25, 0.3) is 0 Å². The molecule has 2 rings (SSSR count). The number of anilines is 1. The van der Waals surface area contributed by atoms with Gasteiger partial charge in [-0.1, -0.05) is 13.3 Å². The third kappa shape index (κ3) is 3.19. The van der Waals surface area contributed by atoms with E-state index in [4.69, 9.17) is 0 Å². The van der Waals surface area contributed by atoms with Crippen LogP contribution in [-0.4, -0.2) is 25.1 Å². The van der Waals surface area contributed by atoms with Crippen molar-refractivity contribution >= 4 is 5.82 Å². The van der Waals surface area contributed by atoms with E-state index in [1.807, 2.05) is 13.2 Å². The lowest BCUT2D eigenvalue weighted by Crippen LogP contribution is -2.35. The first-order valence-corrected chi connectivity index (χ1v) is 6.68. The zero-order chi connectivity index (χ0) is 12.1. The predicted octanol–water partition coefficient (Wildman–Crippen LogP) is 2.43. The zero-order valence-electron chi connectivity index (χ0n) is 10.9. The molecule has 3 heteroatoms. The molecule has 0 saturated carbocycles. The SMILES string of the molecule is CCC1CCCN(c2cc(CNC)ccn2)C1. The molecule has 0 amide bonds. The highest BCUT2D eigenvalue weighted by Crippen LogP contribution is 2.23. The van der Waals surface area contributed by atoms with Crippen LogP contribution in [0, 0.1) is 5.92 Å². The lowest BCUT2D eigenvalue weighted by Gasteiger charge is -2.33. The number of hydrogen-bond donors (Lipinski definition) is 1. The molecule has 3 nitrogen and oxygen atoms in total. The molecular weight excluding hydrogens is 210 g/mol. The minimum Gasteiger partial charge on any atom is -0.356 e. The maximum atomic E-state index is 4.51. The largest absolute Gasteiger partial charge is 0.356 e. The van der Waals surface area contributed by atoms with Gasteiger partial charge in [0.1, 0.15) is 5.82 Å². The molecule has 17 heavy (non-hydrogen) atoms. The predicted molar refractivity (Wildman–Crippen MR) is 72.2 cm³/mol. The van der Waals surface area contributed by atoms with Gasteiger partial charge in [0.05, 0.1) is 0 Å². The standard InChI is InChI=1S/C14H23N3/c1-3-12-5-4-8-17(11-12)14-9-13(10-15-2)6-7-16-14/h6-7,9,12,15H,3-5,8,10-11H2,1-2H3. The molecule has 0 aromatic carbocycles. The molecular formula is C14H23N3. The van der Waals surface area contributed by atoms with Gasteiger partial charge in [-0.3, -0.25) is 0 Å². The molecule has 1 aliphatic rings. The second-order valence-electron chi connectivity index (χ2n) is 4.92. The number of nitrogens with one attached hydrogen (secondary N) is 1. The van der Waals surface area contributed by atoms with Crippen molar-refractivity contribution in [3.8, 4) is 0 Å². The van der Waals surface area contributed by atoms with Crippen LogP contribution in [0.1, 0.15) is 31.7 Å². The second-order valence-corrected chi connectivity index (χ2v) is 4.92. The highest BCUT2D eigenvalue weighted by molar-refractivity contribution is 5.41. The van der Waals surface area contributed by atoms with Gasteiger partial charge < -0.3 is 10.2 Å². The van der Waals surface area contributed by atoms with Gasteiger partial charge in [0, 0.05) is 25.8 Å². The van der Waals surface area contributed by atoms with Crippen molar-refractivity contribution in [2.45, 2.75) is 32.7 Å². The molecule has 2 heterocycles. The summed E-state index contributed by atoms with van der Waals surface area (Å²) < 4.78 is 0. The van der Waals surface area contributed by atoms with Crippen LogP contribution in [-0.2, 0) is 6.54 Å². The van der Waals surface area contributed by atoms with Crippen LogP contribution < -0.4 is 10.2 Å². The van der Waals surface area contributed by atoms with Crippen molar-refractivity contribution in [1.82, 2.24) is 10.3 Å². The highest BCUT2D eigenvalue weighted by atomic mass is 15.2. The van der Waals surface area contributed by atoms with Gasteiger partial charge in [-0.15, -0.1) is 0 Å². The van der Waals surface area contributed by atoms with E-state index in [1.54, 1.807) is 0 Å². The van der Waals surface area contributed by atoms with Gasteiger partial charge in [-0.05, 0) is 43.5 Å². The number of piperidine rings is 1. The van der Waals surface area contributed by atoms with Crippen molar-refractivity contribution in [2.75, 3.05) is 25.0 Å². The molecule has 94 valence electrons. The number of hydrogen-bond acceptors (Lipinski definition) is 3. The molecule has 1 fully saturated rings. The van der Waals surface area contributed by atoms with E-state index in [2.05, 4.69) is 34.3 Å². The monoisotopic (exact) mass is 233 g/mol. The van der Waals surface area contributed by atoms with E-state index in [1.165, 1.54) is 31.4 Å². The van der Waals surface area contributed by atoms with Gasteiger partial charge in [0.15, 0.2) is 0 Å². The first-order chi connectivity index (χ1) is 8.33. The number of pyridine rings is 1. The van der Waals surface area contributed by atoms with Gasteiger partial charge in [0.2, 0.25) is 0 Å². The molecule has 1 aromatic rings. The third-order valence-electron chi connectivity index (χ3n) is 3.61. The summed E-state index contributed by atoms with van der Waals surface area (Å²) in [5, 5.41) is 3.19. The Hall–Kier alpha value is -1.09. The fraction of sp³-hybridized carbons (Fsp3) is 0.643. The molecule has 1 unspecified atom stereocenters. The summed E-state index contributed by atoms with van der Waals surface area (Å²) in [6.45, 7) is 5.54. The van der Waals surface area contributed by atoms with E-state index in [-0.39, 0.29) is 0 Å². The molecule has 1 N–H and O–H groups in total. The Morgan fingerprint density at radius 2 is 2.41 bits per heavy atom. The fourth-order valence-corrected chi connectivity index (χ4v) is 2.55. The second kappa shape index (κ2) is 6.01. The number of nitrogens with zero attached hydrogens (tertiary/aromatic N) is 2. The summed E-state index contributed by atoms with van der Waals surface area (Å²) in [5.74, 6) is 1.99. The first kappa shape index (κ1) is 12.4. The Labute approximate surface area is 104 Å². The zero-order valence-corrected chi connectivity index (χ0v) is 10.9. The molecule has 1 saturated heterocycles. The molecule has 1 aromatic heterocycles. The van der Waals surface area contributed by atoms with Crippen molar-refractivity contribution in [1.29, 1.82) is 0 Å². The summed E-state index contributed by atoms with van der Waals surface area (Å²) in [6, 6.07) is 4.30. The third-order valence-corrected chi connectivity index (χ3v) is 3.61. The summed E-state index contributed by atoms with van der Waals surface area (Å²) in [6.07, 6.45) is 5.89. The molecule has 0 aliphatic carbocycles. The van der Waals surface area contributed by atoms with Crippen LogP contribution >= 0.6 is 0 Å². The van der Waals surface area contributed by atoms with Crippen molar-refractivity contribution in [3.63, 3.8) is 0 Å². The Balaban J connectivity index is 2.07. The highest BCUT2D eigenvalue weighted by Gasteiger charge is 2.19. The Bertz CT molecular complexity index is 351. The van der Waals surface area contributed by atoms with Gasteiger partial charge in [-0.2, -0.15) is 0 Å². The van der Waals surface area contributed by atoms with Crippen molar-refractivity contribution in [3.05, 3.63) is 23.9 Å². The van der Waals surface area contributed by atoms with E-state index in [0.29, 0.717) is 0 Å². The van der Waals surface area contributed by atoms with Crippen molar-refractivity contribution in [2.24, 2.45) is 5.92 Å². The Morgan fingerprint density at radius 1 is 1.53 bits per heavy atom. The smallest absolute Gasteiger partial charge is 0.128 e. The Morgan fingerprint density at radius 3 is 3.18 bits per heavy atom. The lowest BCUT2D eigenvalue weighted by molar-refractivity contribution is 0.403. The molecule has 1 aliphatic heterocycles. The minimum absolute atomic E-state index is 0.846. The molecule has 0 bridgehead atoms. The van der Waals surface area contributed by atoms with Crippen LogP contribution in [0.2, 0.25) is 0 Å². The number of aromatic nitrogens is 1. The van der Waals surface area contributed by atoms with Crippen LogP contribution in [0.3, 0.4) is 0 Å². The summed E-state index contributed by atoms with van der Waals surface area (Å²) in [5.41, 5.74) is 1.32. The average Bonchev–Trinajstić information content (AvgIpc) is 2.40. The molecule has 0 spiro atoms. The number of rotatable bonds is 4. The van der Waals surface area contributed by atoms with E-state index < -0.39 is 0 Å². The van der Waals surface area contributed by atoms with E-state index in [9.17, 15) is 0 Å². The van der Waals surface area contributed by atoms with Gasteiger partial charge in [-0.25, -0.2) is 4.98 Å². The van der Waals surface area contributed by atoms with Crippen LogP contribution in [0.25, 0.3) is 0 Å². The molecule has 1 atom stereocenters. The fourth-order valence-electron chi connectivity index (χ4n) is 2.55. The van der Waals surface area contributed by atoms with Crippen LogP contribution in [0.4, 0.5) is 5.82 Å². The normalized spacial score (nSPS) is 20.6. The molecule has 0 radical (unpaired) electrons. The lowest BCUT2D eigenvalue weighted by atomic mass is 9.95. The van der Waals surface area contributed by atoms with Gasteiger partial charge >= 0.3 is 0 Å². The van der Waals surface area contributed by atoms with Crippen LogP contribution in [0.5, 0.6) is 0 Å². The maximum absolute atomic E-state index is 4.51. The minimum atomic E-state index is 0.846. The summed E-state index contributed by atoms with van der Waals surface area (Å²) >= 11 is 0. The quantitative estimate of drug-likeness (QED) is 0.865. The topological polar surface area (TPSA) is 28.2 Å². The average molecular weight is 233 g/mol. The maximum Gasteiger partial charge on any atom is 0.128 e. The summed E-state index contributed by atoms with van der Waals surface area (Å²) in [4.78, 5) is 6.95. The van der Waals surface area contributed by atoms with Crippen LogP contribution in [0.15, 0.2) is 18.3 Å². The first-order valence-electron chi connectivity index (χ1n) is 6.68. The Kier molecular flexibility index (Phi) is 4.37.